The molecule has 0 unspecified atom stereocenters. The molecular formula is C18H18FN5O3S2. The Hall–Kier alpha value is -2.53. The first-order valence-corrected chi connectivity index (χ1v) is 11.6. The second-order valence-corrected chi connectivity index (χ2v) is 10.4. The fourth-order valence-electron chi connectivity index (χ4n) is 3.14. The van der Waals surface area contributed by atoms with Gasteiger partial charge >= 0.3 is 0 Å². The van der Waals surface area contributed by atoms with Crippen LogP contribution >= 0.6 is 11.8 Å². The van der Waals surface area contributed by atoms with Gasteiger partial charge in [-0.2, -0.15) is 5.10 Å². The van der Waals surface area contributed by atoms with E-state index in [1.807, 2.05) is 0 Å². The van der Waals surface area contributed by atoms with E-state index >= 15 is 0 Å². The molecule has 0 radical (unpaired) electrons. The molecule has 0 spiro atoms. The molecular weight excluding hydrogens is 417 g/mol. The van der Waals surface area contributed by atoms with Gasteiger partial charge in [-0.25, -0.2) is 27.5 Å². The van der Waals surface area contributed by atoms with E-state index in [1.54, 1.807) is 29.9 Å². The van der Waals surface area contributed by atoms with E-state index in [9.17, 15) is 17.6 Å². The van der Waals surface area contributed by atoms with E-state index in [0.29, 0.717) is 28.2 Å². The Morgan fingerprint density at radius 1 is 1.31 bits per heavy atom. The normalized spacial score (nSPS) is 19.3. The van der Waals surface area contributed by atoms with E-state index in [1.165, 1.54) is 30.2 Å². The first-order chi connectivity index (χ1) is 13.8. The van der Waals surface area contributed by atoms with Crippen molar-refractivity contribution in [3.8, 4) is 5.69 Å². The number of aromatic nitrogens is 4. The van der Waals surface area contributed by atoms with Gasteiger partial charge in [-0.15, -0.1) is 0 Å². The van der Waals surface area contributed by atoms with Gasteiger partial charge in [0.15, 0.2) is 15.5 Å². The highest BCUT2D eigenvalue weighted by molar-refractivity contribution is 8.00. The van der Waals surface area contributed by atoms with Crippen molar-refractivity contribution < 1.29 is 17.6 Å². The van der Waals surface area contributed by atoms with Crippen molar-refractivity contribution in [2.45, 2.75) is 29.7 Å². The van der Waals surface area contributed by atoms with Gasteiger partial charge in [0.25, 0.3) is 0 Å². The number of benzene rings is 1. The summed E-state index contributed by atoms with van der Waals surface area (Å²) in [5.41, 5.74) is 1.20. The van der Waals surface area contributed by atoms with Crippen LogP contribution in [0.5, 0.6) is 0 Å². The summed E-state index contributed by atoms with van der Waals surface area (Å²) in [7, 11) is -3.06. The number of rotatable bonds is 5. The van der Waals surface area contributed by atoms with Crippen molar-refractivity contribution in [1.82, 2.24) is 25.1 Å². The number of sulfone groups is 1. The molecule has 1 N–H and O–H groups in total. The maximum Gasteiger partial charge on any atom is 0.233 e. The van der Waals surface area contributed by atoms with Crippen LogP contribution in [0.25, 0.3) is 16.7 Å². The number of carbonyl (C=O) groups is 1. The molecule has 152 valence electrons. The molecule has 0 saturated carbocycles. The molecule has 8 nitrogen and oxygen atoms in total. The van der Waals surface area contributed by atoms with Crippen LogP contribution in [0.2, 0.25) is 0 Å². The second kappa shape index (κ2) is 7.71. The standard InChI is InChI=1S/C18H18FN5O3S2/c1-11(17(25)23-13-6-7-29(26,27)9-13)28-18-15-8-22-24(16(15)20-10-21-18)14-4-2-12(19)3-5-14/h2-5,8,10-11,13H,6-7,9H2,1H3,(H,23,25)/t11-,13-/m1/s1. The molecule has 2 aromatic heterocycles. The number of amides is 1. The Kier molecular flexibility index (Phi) is 5.26. The Balaban J connectivity index is 1.52. The zero-order valence-electron chi connectivity index (χ0n) is 15.4. The average Bonchev–Trinajstić information content (AvgIpc) is 3.26. The molecule has 1 saturated heterocycles. The van der Waals surface area contributed by atoms with Crippen LogP contribution in [0.3, 0.4) is 0 Å². The van der Waals surface area contributed by atoms with Crippen molar-refractivity contribution in [3.05, 3.63) is 42.6 Å². The van der Waals surface area contributed by atoms with Gasteiger partial charge in [0.2, 0.25) is 5.91 Å². The molecule has 0 bridgehead atoms. The monoisotopic (exact) mass is 435 g/mol. The summed E-state index contributed by atoms with van der Waals surface area (Å²) in [5.74, 6) is -0.492. The SMILES string of the molecule is C[C@@H](Sc1ncnc2c1cnn2-c1ccc(F)cc1)C(=O)N[C@@H]1CCS(=O)(=O)C1. The minimum Gasteiger partial charge on any atom is -0.351 e. The number of nitrogens with zero attached hydrogens (tertiary/aromatic N) is 4. The van der Waals surface area contributed by atoms with Gasteiger partial charge in [-0.05, 0) is 37.6 Å². The highest BCUT2D eigenvalue weighted by atomic mass is 32.2. The van der Waals surface area contributed by atoms with Gasteiger partial charge < -0.3 is 5.32 Å². The third-order valence-corrected chi connectivity index (χ3v) is 7.52. The molecule has 1 aromatic carbocycles. The minimum atomic E-state index is -3.06. The largest absolute Gasteiger partial charge is 0.351 e. The summed E-state index contributed by atoms with van der Waals surface area (Å²) in [5, 5.41) is 7.90. The van der Waals surface area contributed by atoms with Crippen molar-refractivity contribution in [2.75, 3.05) is 11.5 Å². The lowest BCUT2D eigenvalue weighted by Crippen LogP contribution is -2.39. The van der Waals surface area contributed by atoms with Crippen molar-refractivity contribution >= 4 is 38.5 Å². The summed E-state index contributed by atoms with van der Waals surface area (Å²) in [4.78, 5) is 21.0. The Labute approximate surface area is 170 Å². The van der Waals surface area contributed by atoms with E-state index < -0.39 is 15.1 Å². The molecule has 29 heavy (non-hydrogen) atoms. The Morgan fingerprint density at radius 3 is 2.76 bits per heavy atom. The topological polar surface area (TPSA) is 107 Å². The highest BCUT2D eigenvalue weighted by Crippen LogP contribution is 2.29. The third kappa shape index (κ3) is 4.25. The minimum absolute atomic E-state index is 0.0156. The maximum absolute atomic E-state index is 13.2. The van der Waals surface area contributed by atoms with Crippen LogP contribution in [0, 0.1) is 5.82 Å². The summed E-state index contributed by atoms with van der Waals surface area (Å²) in [6.07, 6.45) is 3.43. The number of halogens is 1. The van der Waals surface area contributed by atoms with Gasteiger partial charge in [-0.3, -0.25) is 4.79 Å². The number of nitrogens with one attached hydrogen (secondary N) is 1. The Morgan fingerprint density at radius 2 is 2.07 bits per heavy atom. The molecule has 0 aliphatic carbocycles. The van der Waals surface area contributed by atoms with Crippen LogP contribution in [0.4, 0.5) is 4.39 Å². The van der Waals surface area contributed by atoms with Crippen molar-refractivity contribution in [3.63, 3.8) is 0 Å². The van der Waals surface area contributed by atoms with E-state index in [2.05, 4.69) is 20.4 Å². The van der Waals surface area contributed by atoms with E-state index in [4.69, 9.17) is 0 Å². The van der Waals surface area contributed by atoms with Crippen LogP contribution in [-0.4, -0.2) is 56.9 Å². The first-order valence-electron chi connectivity index (χ1n) is 8.94. The first kappa shape index (κ1) is 19.8. The summed E-state index contributed by atoms with van der Waals surface area (Å²) in [6.45, 7) is 1.74. The van der Waals surface area contributed by atoms with Crippen LogP contribution in [0.15, 0.2) is 41.8 Å². The molecule has 1 amide bonds. The summed E-state index contributed by atoms with van der Waals surface area (Å²) in [6, 6.07) is 5.54. The van der Waals surface area contributed by atoms with Crippen molar-refractivity contribution in [1.29, 1.82) is 0 Å². The van der Waals surface area contributed by atoms with Gasteiger partial charge in [0.05, 0.1) is 34.0 Å². The number of fused-ring (bicyclic) bond motifs is 1. The zero-order valence-corrected chi connectivity index (χ0v) is 17.1. The van der Waals surface area contributed by atoms with Gasteiger partial charge in [-0.1, -0.05) is 11.8 Å². The fourth-order valence-corrected chi connectivity index (χ4v) is 5.70. The molecule has 4 rings (SSSR count). The Bertz CT molecular complexity index is 1160. The molecule has 3 heterocycles. The summed E-state index contributed by atoms with van der Waals surface area (Å²) >= 11 is 1.25. The predicted molar refractivity (Wildman–Crippen MR) is 107 cm³/mol. The third-order valence-electron chi connectivity index (χ3n) is 4.64. The van der Waals surface area contributed by atoms with Crippen molar-refractivity contribution in [2.24, 2.45) is 0 Å². The fraction of sp³-hybridized carbons (Fsp3) is 0.333. The molecule has 3 aromatic rings. The lowest BCUT2D eigenvalue weighted by molar-refractivity contribution is -0.120. The molecule has 2 atom stereocenters. The van der Waals surface area contributed by atoms with Crippen LogP contribution in [0.1, 0.15) is 13.3 Å². The van der Waals surface area contributed by atoms with Crippen LogP contribution < -0.4 is 5.32 Å². The highest BCUT2D eigenvalue weighted by Gasteiger charge is 2.30. The van der Waals surface area contributed by atoms with Crippen LogP contribution in [-0.2, 0) is 14.6 Å². The number of carbonyl (C=O) groups excluding carboxylic acids is 1. The average molecular weight is 436 g/mol. The molecule has 11 heteroatoms. The van der Waals surface area contributed by atoms with E-state index in [-0.39, 0.29) is 29.3 Å². The summed E-state index contributed by atoms with van der Waals surface area (Å²) < 4.78 is 37.9. The second-order valence-electron chi connectivity index (χ2n) is 6.82. The van der Waals surface area contributed by atoms with Gasteiger partial charge in [0, 0.05) is 6.04 Å². The maximum atomic E-state index is 13.2. The lowest BCUT2D eigenvalue weighted by Gasteiger charge is -2.15. The number of hydrogen-bond donors (Lipinski definition) is 1. The molecule has 1 aliphatic heterocycles. The van der Waals surface area contributed by atoms with E-state index in [0.717, 1.165) is 0 Å². The lowest BCUT2D eigenvalue weighted by atomic mass is 10.2. The molecule has 1 aliphatic rings. The van der Waals surface area contributed by atoms with Gasteiger partial charge in [0.1, 0.15) is 17.2 Å². The number of hydrogen-bond acceptors (Lipinski definition) is 7. The zero-order chi connectivity index (χ0) is 20.6. The smallest absolute Gasteiger partial charge is 0.233 e. The molecule has 1 fully saturated rings. The predicted octanol–water partition coefficient (Wildman–Crippen LogP) is 1.74. The number of thioether (sulfide) groups is 1. The quantitative estimate of drug-likeness (QED) is 0.480.